The van der Waals surface area contributed by atoms with Crippen molar-refractivity contribution in [2.24, 2.45) is 0 Å². The van der Waals surface area contributed by atoms with E-state index in [1.165, 1.54) is 0 Å². The van der Waals surface area contributed by atoms with Crippen LogP contribution in [-0.4, -0.2) is 35.7 Å². The minimum atomic E-state index is -0.0913. The van der Waals surface area contributed by atoms with Crippen LogP contribution in [0.25, 0.3) is 0 Å². The van der Waals surface area contributed by atoms with E-state index in [4.69, 9.17) is 0 Å². The lowest BCUT2D eigenvalue weighted by Gasteiger charge is -2.33. The van der Waals surface area contributed by atoms with Crippen molar-refractivity contribution in [2.45, 2.75) is 39.2 Å². The van der Waals surface area contributed by atoms with Gasteiger partial charge in [-0.25, -0.2) is 0 Å². The van der Waals surface area contributed by atoms with Crippen LogP contribution in [-0.2, 0) is 9.59 Å². The molecule has 1 aliphatic rings. The molecule has 1 N–H and O–H groups in total. The lowest BCUT2D eigenvalue weighted by atomic mass is 9.99. The number of ketones is 1. The molecule has 0 spiro atoms. The van der Waals surface area contributed by atoms with Crippen molar-refractivity contribution in [1.29, 1.82) is 0 Å². The Morgan fingerprint density at radius 1 is 1.30 bits per heavy atom. The molecule has 1 unspecified atom stereocenters. The fraction of sp³-hybridized carbons (Fsp3) is 0.500. The molecule has 1 aromatic carbocycles. The molecule has 0 bridgehead atoms. The number of rotatable bonds is 4. The van der Waals surface area contributed by atoms with Gasteiger partial charge in [-0.3, -0.25) is 14.5 Å². The van der Waals surface area contributed by atoms with Crippen molar-refractivity contribution in [1.82, 2.24) is 4.90 Å². The molecule has 0 saturated carbocycles. The van der Waals surface area contributed by atoms with Crippen molar-refractivity contribution in [3.63, 3.8) is 0 Å². The van der Waals surface area contributed by atoms with Gasteiger partial charge in [-0.1, -0.05) is 24.6 Å². The standard InChI is InChI=1S/C16H22N2O2/c1-12-7-3-4-8-14(12)17-16(20)11-18-10-6-5-9-15(18)13(2)19/h3-4,7-8,15H,5-6,9-11H2,1-2H3,(H,17,20). The van der Waals surface area contributed by atoms with E-state index >= 15 is 0 Å². The number of benzene rings is 1. The number of hydrogen-bond acceptors (Lipinski definition) is 3. The maximum atomic E-state index is 12.1. The summed E-state index contributed by atoms with van der Waals surface area (Å²) in [6.07, 6.45) is 2.99. The predicted molar refractivity (Wildman–Crippen MR) is 79.7 cm³/mol. The smallest absolute Gasteiger partial charge is 0.238 e. The lowest BCUT2D eigenvalue weighted by molar-refractivity contribution is -0.125. The van der Waals surface area contributed by atoms with Gasteiger partial charge < -0.3 is 5.32 Å². The molecule has 1 aliphatic heterocycles. The van der Waals surface area contributed by atoms with Crippen LogP contribution in [0.5, 0.6) is 0 Å². The third kappa shape index (κ3) is 3.67. The van der Waals surface area contributed by atoms with Gasteiger partial charge in [0, 0.05) is 5.69 Å². The van der Waals surface area contributed by atoms with Crippen molar-refractivity contribution in [2.75, 3.05) is 18.4 Å². The zero-order valence-electron chi connectivity index (χ0n) is 12.2. The van der Waals surface area contributed by atoms with E-state index in [2.05, 4.69) is 5.32 Å². The first-order valence-corrected chi connectivity index (χ1v) is 7.18. The fourth-order valence-electron chi connectivity index (χ4n) is 2.73. The highest BCUT2D eigenvalue weighted by molar-refractivity contribution is 5.93. The second-order valence-corrected chi connectivity index (χ2v) is 5.46. The van der Waals surface area contributed by atoms with Crippen LogP contribution in [0.1, 0.15) is 31.7 Å². The molecular formula is C16H22N2O2. The Bertz CT molecular complexity index is 499. The van der Waals surface area contributed by atoms with Crippen LogP contribution >= 0.6 is 0 Å². The molecule has 1 heterocycles. The van der Waals surface area contributed by atoms with Gasteiger partial charge in [0.15, 0.2) is 0 Å². The van der Waals surface area contributed by atoms with Crippen molar-refractivity contribution in [3.05, 3.63) is 29.8 Å². The fourth-order valence-corrected chi connectivity index (χ4v) is 2.73. The van der Waals surface area contributed by atoms with Crippen LogP contribution in [0.3, 0.4) is 0 Å². The molecule has 20 heavy (non-hydrogen) atoms. The Balaban J connectivity index is 1.96. The average Bonchev–Trinajstić information content (AvgIpc) is 2.41. The zero-order valence-corrected chi connectivity index (χ0v) is 12.2. The molecule has 4 heteroatoms. The molecule has 0 aromatic heterocycles. The number of carbonyl (C=O) groups is 2. The van der Waals surface area contributed by atoms with Crippen molar-refractivity contribution < 1.29 is 9.59 Å². The molecule has 1 fully saturated rings. The number of piperidine rings is 1. The number of nitrogens with zero attached hydrogens (tertiary/aromatic N) is 1. The van der Waals surface area contributed by atoms with Crippen LogP contribution in [0.4, 0.5) is 5.69 Å². The van der Waals surface area contributed by atoms with Crippen LogP contribution in [0, 0.1) is 6.92 Å². The Morgan fingerprint density at radius 3 is 2.75 bits per heavy atom. The Hall–Kier alpha value is -1.68. The minimum absolute atomic E-state index is 0.0487. The topological polar surface area (TPSA) is 49.4 Å². The molecule has 1 atom stereocenters. The summed E-state index contributed by atoms with van der Waals surface area (Å²) in [6, 6.07) is 7.62. The highest BCUT2D eigenvalue weighted by atomic mass is 16.2. The number of Topliss-reactive ketones (excluding diaryl/α,β-unsaturated/α-hetero) is 1. The number of aryl methyl sites for hydroxylation is 1. The Morgan fingerprint density at radius 2 is 2.05 bits per heavy atom. The van der Waals surface area contributed by atoms with Crippen LogP contribution in [0.15, 0.2) is 24.3 Å². The molecule has 108 valence electrons. The lowest BCUT2D eigenvalue weighted by Crippen LogP contribution is -2.47. The number of likely N-dealkylation sites (tertiary alicyclic amines) is 1. The van der Waals surface area contributed by atoms with Crippen LogP contribution < -0.4 is 5.32 Å². The van der Waals surface area contributed by atoms with E-state index in [-0.39, 0.29) is 17.7 Å². The largest absolute Gasteiger partial charge is 0.325 e. The summed E-state index contributed by atoms with van der Waals surface area (Å²) in [5, 5.41) is 2.93. The van der Waals surface area contributed by atoms with E-state index in [0.29, 0.717) is 6.54 Å². The number of para-hydroxylation sites is 1. The van der Waals surface area contributed by atoms with Gasteiger partial charge in [0.1, 0.15) is 5.78 Å². The van der Waals surface area contributed by atoms with E-state index < -0.39 is 0 Å². The van der Waals surface area contributed by atoms with Gasteiger partial charge in [0.05, 0.1) is 12.6 Å². The Labute approximate surface area is 120 Å². The zero-order chi connectivity index (χ0) is 14.5. The summed E-state index contributed by atoms with van der Waals surface area (Å²) in [4.78, 5) is 25.8. The summed E-state index contributed by atoms with van der Waals surface area (Å²) in [7, 11) is 0. The second-order valence-electron chi connectivity index (χ2n) is 5.46. The number of hydrogen-bond donors (Lipinski definition) is 1. The molecule has 1 saturated heterocycles. The number of anilines is 1. The van der Waals surface area contributed by atoms with E-state index in [9.17, 15) is 9.59 Å². The first kappa shape index (κ1) is 14.7. The second kappa shape index (κ2) is 6.66. The first-order valence-electron chi connectivity index (χ1n) is 7.18. The molecular weight excluding hydrogens is 252 g/mol. The maximum absolute atomic E-state index is 12.1. The van der Waals surface area contributed by atoms with E-state index in [1.807, 2.05) is 36.1 Å². The van der Waals surface area contributed by atoms with Gasteiger partial charge in [-0.05, 0) is 44.9 Å². The number of amides is 1. The SMILES string of the molecule is CC(=O)C1CCCCN1CC(=O)Nc1ccccc1C. The summed E-state index contributed by atoms with van der Waals surface area (Å²) in [6.45, 7) is 4.70. The van der Waals surface area contributed by atoms with Gasteiger partial charge in [-0.15, -0.1) is 0 Å². The van der Waals surface area contributed by atoms with Crippen molar-refractivity contribution in [3.8, 4) is 0 Å². The molecule has 0 aliphatic carbocycles. The van der Waals surface area contributed by atoms with E-state index in [1.54, 1.807) is 6.92 Å². The molecule has 0 radical (unpaired) electrons. The van der Waals surface area contributed by atoms with Crippen LogP contribution in [0.2, 0.25) is 0 Å². The van der Waals surface area contributed by atoms with Gasteiger partial charge in [-0.2, -0.15) is 0 Å². The van der Waals surface area contributed by atoms with E-state index in [0.717, 1.165) is 37.1 Å². The molecule has 4 nitrogen and oxygen atoms in total. The highest BCUT2D eigenvalue weighted by Gasteiger charge is 2.27. The van der Waals surface area contributed by atoms with Crippen molar-refractivity contribution >= 4 is 17.4 Å². The first-order chi connectivity index (χ1) is 9.58. The van der Waals surface area contributed by atoms with Gasteiger partial charge >= 0.3 is 0 Å². The summed E-state index contributed by atoms with van der Waals surface area (Å²) >= 11 is 0. The summed E-state index contributed by atoms with van der Waals surface area (Å²) in [5.74, 6) is 0.112. The average molecular weight is 274 g/mol. The predicted octanol–water partition coefficient (Wildman–Crippen LogP) is 2.38. The summed E-state index contributed by atoms with van der Waals surface area (Å²) in [5.41, 5.74) is 1.89. The molecule has 1 amide bonds. The third-order valence-electron chi connectivity index (χ3n) is 3.85. The number of carbonyl (C=O) groups excluding carboxylic acids is 2. The van der Waals surface area contributed by atoms with Gasteiger partial charge in [0.2, 0.25) is 5.91 Å². The molecule has 1 aromatic rings. The normalized spacial score (nSPS) is 19.6. The minimum Gasteiger partial charge on any atom is -0.325 e. The van der Waals surface area contributed by atoms with Gasteiger partial charge in [0.25, 0.3) is 0 Å². The quantitative estimate of drug-likeness (QED) is 0.917. The molecule has 2 rings (SSSR count). The summed E-state index contributed by atoms with van der Waals surface area (Å²) < 4.78 is 0. The highest BCUT2D eigenvalue weighted by Crippen LogP contribution is 2.18. The monoisotopic (exact) mass is 274 g/mol. The Kier molecular flexibility index (Phi) is 4.90. The third-order valence-corrected chi connectivity index (χ3v) is 3.85. The maximum Gasteiger partial charge on any atom is 0.238 e. The number of nitrogens with one attached hydrogen (secondary N) is 1.